The van der Waals surface area contributed by atoms with E-state index in [1.165, 1.54) is 6.07 Å². The van der Waals surface area contributed by atoms with Crippen LogP contribution in [-0.4, -0.2) is 17.3 Å². The van der Waals surface area contributed by atoms with Crippen molar-refractivity contribution in [3.05, 3.63) is 83.3 Å². The Balaban J connectivity index is 1.67. The fourth-order valence-corrected chi connectivity index (χ4v) is 2.74. The molecule has 0 saturated carbocycles. The van der Waals surface area contributed by atoms with E-state index in [9.17, 15) is 4.79 Å². The van der Waals surface area contributed by atoms with Crippen molar-refractivity contribution in [1.29, 1.82) is 0 Å². The highest BCUT2D eigenvalue weighted by atomic mass is 16.5. The lowest BCUT2D eigenvalue weighted by molar-refractivity contribution is 0.404. The van der Waals surface area contributed by atoms with Crippen molar-refractivity contribution in [3.63, 3.8) is 0 Å². The number of hydrogen-bond acceptors (Lipinski definition) is 5. The molecule has 0 spiro atoms. The van der Waals surface area contributed by atoms with Gasteiger partial charge in [-0.15, -0.1) is 0 Å². The number of ether oxygens (including phenoxy) is 2. The SMILES string of the molecule is COc1cc(-c2ccnc(Oc3ccccc3)c2)ccc1-c1cc(=O)[nH]o1. The van der Waals surface area contributed by atoms with E-state index >= 15 is 0 Å². The molecule has 0 aliphatic rings. The van der Waals surface area contributed by atoms with Crippen LogP contribution < -0.4 is 15.0 Å². The second kappa shape index (κ2) is 7.21. The molecule has 0 radical (unpaired) electrons. The monoisotopic (exact) mass is 360 g/mol. The van der Waals surface area contributed by atoms with Crippen LogP contribution in [0.5, 0.6) is 17.4 Å². The zero-order chi connectivity index (χ0) is 18.6. The summed E-state index contributed by atoms with van der Waals surface area (Å²) < 4.78 is 16.4. The summed E-state index contributed by atoms with van der Waals surface area (Å²) in [5.74, 6) is 2.24. The van der Waals surface area contributed by atoms with Crippen LogP contribution in [0.1, 0.15) is 0 Å². The number of aromatic nitrogens is 2. The summed E-state index contributed by atoms with van der Waals surface area (Å²) in [6, 6.07) is 20.3. The standard InChI is InChI=1S/C21H16N2O4/c1-25-18-11-14(7-8-17(18)19-13-20(24)23-27-19)15-9-10-22-21(12-15)26-16-5-3-2-4-6-16/h2-13H,1H3,(H,23,24). The number of nitrogens with one attached hydrogen (secondary N) is 1. The number of H-pyrrole nitrogens is 1. The molecule has 4 aromatic rings. The van der Waals surface area contributed by atoms with E-state index in [1.54, 1.807) is 13.3 Å². The molecule has 134 valence electrons. The van der Waals surface area contributed by atoms with E-state index in [0.717, 1.165) is 16.9 Å². The number of nitrogens with zero attached hydrogens (tertiary/aromatic N) is 1. The Labute approximate surface area is 155 Å². The smallest absolute Gasteiger partial charge is 0.280 e. The first-order valence-corrected chi connectivity index (χ1v) is 8.29. The van der Waals surface area contributed by atoms with Crippen molar-refractivity contribution in [3.8, 4) is 39.8 Å². The van der Waals surface area contributed by atoms with Crippen molar-refractivity contribution >= 4 is 0 Å². The number of para-hydroxylation sites is 1. The molecule has 0 aliphatic carbocycles. The van der Waals surface area contributed by atoms with Gasteiger partial charge in [-0.2, -0.15) is 5.16 Å². The van der Waals surface area contributed by atoms with E-state index < -0.39 is 0 Å². The number of methoxy groups -OCH3 is 1. The summed E-state index contributed by atoms with van der Waals surface area (Å²) in [5, 5.41) is 2.28. The number of rotatable bonds is 5. The van der Waals surface area contributed by atoms with Gasteiger partial charge in [-0.1, -0.05) is 24.3 Å². The predicted octanol–water partition coefficient (Wildman–Crippen LogP) is 4.50. The van der Waals surface area contributed by atoms with Gasteiger partial charge in [0.25, 0.3) is 5.56 Å². The van der Waals surface area contributed by atoms with E-state index in [-0.39, 0.29) is 5.56 Å². The lowest BCUT2D eigenvalue weighted by Gasteiger charge is -2.10. The molecule has 1 N–H and O–H groups in total. The first-order valence-electron chi connectivity index (χ1n) is 8.29. The zero-order valence-electron chi connectivity index (χ0n) is 14.5. The number of pyridine rings is 1. The van der Waals surface area contributed by atoms with E-state index in [0.29, 0.717) is 23.0 Å². The zero-order valence-corrected chi connectivity index (χ0v) is 14.5. The summed E-state index contributed by atoms with van der Waals surface area (Å²) >= 11 is 0. The van der Waals surface area contributed by atoms with Crippen LogP contribution in [0, 0.1) is 0 Å². The molecule has 27 heavy (non-hydrogen) atoms. The molecular weight excluding hydrogens is 344 g/mol. The van der Waals surface area contributed by atoms with Gasteiger partial charge in [0.2, 0.25) is 5.88 Å². The normalized spacial score (nSPS) is 10.6. The van der Waals surface area contributed by atoms with Crippen molar-refractivity contribution in [1.82, 2.24) is 10.1 Å². The maximum absolute atomic E-state index is 11.3. The largest absolute Gasteiger partial charge is 0.496 e. The molecule has 0 saturated heterocycles. The summed E-state index contributed by atoms with van der Waals surface area (Å²) in [7, 11) is 1.57. The quantitative estimate of drug-likeness (QED) is 0.567. The van der Waals surface area contributed by atoms with Crippen molar-refractivity contribution in [2.45, 2.75) is 0 Å². The molecular formula is C21H16N2O4. The number of benzene rings is 2. The van der Waals surface area contributed by atoms with Crippen LogP contribution in [0.15, 0.2) is 82.2 Å². The minimum Gasteiger partial charge on any atom is -0.496 e. The molecule has 6 heteroatoms. The Hall–Kier alpha value is -3.80. The number of aromatic amines is 1. The van der Waals surface area contributed by atoms with E-state index in [1.807, 2.05) is 60.7 Å². The van der Waals surface area contributed by atoms with Gasteiger partial charge in [-0.05, 0) is 41.5 Å². The predicted molar refractivity (Wildman–Crippen MR) is 101 cm³/mol. The molecule has 0 bridgehead atoms. The fourth-order valence-electron chi connectivity index (χ4n) is 2.74. The molecule has 0 unspecified atom stereocenters. The topological polar surface area (TPSA) is 77.4 Å². The first-order chi connectivity index (χ1) is 13.2. The minimum atomic E-state index is -0.298. The van der Waals surface area contributed by atoms with Crippen LogP contribution in [0.25, 0.3) is 22.5 Å². The fraction of sp³-hybridized carbons (Fsp3) is 0.0476. The summed E-state index contributed by atoms with van der Waals surface area (Å²) in [5.41, 5.74) is 2.24. The van der Waals surface area contributed by atoms with E-state index in [4.69, 9.17) is 14.0 Å². The highest BCUT2D eigenvalue weighted by Gasteiger charge is 2.12. The van der Waals surface area contributed by atoms with Gasteiger partial charge < -0.3 is 14.0 Å². The van der Waals surface area contributed by atoms with Gasteiger partial charge in [0.15, 0.2) is 5.76 Å². The molecule has 2 aromatic heterocycles. The average Bonchev–Trinajstić information content (AvgIpc) is 3.14. The van der Waals surface area contributed by atoms with Gasteiger partial charge in [-0.3, -0.25) is 4.79 Å². The maximum atomic E-state index is 11.3. The van der Waals surface area contributed by atoms with Gasteiger partial charge in [0, 0.05) is 12.3 Å². The Morgan fingerprint density at radius 3 is 2.52 bits per heavy atom. The third kappa shape index (κ3) is 3.59. The van der Waals surface area contributed by atoms with Crippen LogP contribution in [0.2, 0.25) is 0 Å². The molecule has 6 nitrogen and oxygen atoms in total. The molecule has 0 aliphatic heterocycles. The summed E-state index contributed by atoms with van der Waals surface area (Å²) in [6.07, 6.45) is 1.69. The Morgan fingerprint density at radius 1 is 0.963 bits per heavy atom. The van der Waals surface area contributed by atoms with Gasteiger partial charge in [0.1, 0.15) is 11.5 Å². The Morgan fingerprint density at radius 2 is 1.78 bits per heavy atom. The third-order valence-electron chi connectivity index (χ3n) is 4.02. The third-order valence-corrected chi connectivity index (χ3v) is 4.02. The van der Waals surface area contributed by atoms with Crippen molar-refractivity contribution < 1.29 is 14.0 Å². The molecule has 0 amide bonds. The van der Waals surface area contributed by atoms with Crippen molar-refractivity contribution in [2.24, 2.45) is 0 Å². The summed E-state index contributed by atoms with van der Waals surface area (Å²) in [6.45, 7) is 0. The number of hydrogen-bond donors (Lipinski definition) is 1. The van der Waals surface area contributed by atoms with Gasteiger partial charge in [0.05, 0.1) is 18.7 Å². The molecule has 2 aromatic carbocycles. The van der Waals surface area contributed by atoms with Crippen LogP contribution in [-0.2, 0) is 0 Å². The minimum absolute atomic E-state index is 0.298. The van der Waals surface area contributed by atoms with Gasteiger partial charge in [-0.25, -0.2) is 4.98 Å². The van der Waals surface area contributed by atoms with Crippen LogP contribution >= 0.6 is 0 Å². The summed E-state index contributed by atoms with van der Waals surface area (Å²) in [4.78, 5) is 15.6. The van der Waals surface area contributed by atoms with E-state index in [2.05, 4.69) is 10.1 Å². The molecule has 0 atom stereocenters. The van der Waals surface area contributed by atoms with Crippen molar-refractivity contribution in [2.75, 3.05) is 7.11 Å². The Bertz CT molecular complexity index is 1120. The highest BCUT2D eigenvalue weighted by Crippen LogP contribution is 2.34. The highest BCUT2D eigenvalue weighted by molar-refractivity contribution is 5.74. The second-order valence-electron chi connectivity index (χ2n) is 5.79. The second-order valence-corrected chi connectivity index (χ2v) is 5.79. The lowest BCUT2D eigenvalue weighted by atomic mass is 10.0. The molecule has 2 heterocycles. The Kier molecular flexibility index (Phi) is 4.45. The van der Waals surface area contributed by atoms with Crippen LogP contribution in [0.3, 0.4) is 0 Å². The molecule has 4 rings (SSSR count). The maximum Gasteiger partial charge on any atom is 0.280 e. The van der Waals surface area contributed by atoms with Crippen LogP contribution in [0.4, 0.5) is 0 Å². The van der Waals surface area contributed by atoms with Gasteiger partial charge >= 0.3 is 0 Å². The molecule has 0 fully saturated rings. The first kappa shape index (κ1) is 16.7. The lowest BCUT2D eigenvalue weighted by Crippen LogP contribution is -1.93. The average molecular weight is 360 g/mol.